The molecule has 0 aliphatic carbocycles. The number of likely N-dealkylation sites (N-methyl/N-ethyl adjacent to an activating group) is 1. The van der Waals surface area contributed by atoms with Crippen LogP contribution in [-0.4, -0.2) is 54.4 Å². The van der Waals surface area contributed by atoms with E-state index in [-0.39, 0.29) is 11.4 Å². The van der Waals surface area contributed by atoms with Crippen LogP contribution in [0.5, 0.6) is 0 Å². The molecule has 3 N–H and O–H groups in total. The molecule has 1 aromatic heterocycles. The van der Waals surface area contributed by atoms with E-state index in [0.717, 1.165) is 42.8 Å². The van der Waals surface area contributed by atoms with Crippen molar-refractivity contribution >= 4 is 33.9 Å². The number of hydrogen-bond acceptors (Lipinski definition) is 5. The topological polar surface area (TPSA) is 93.4 Å². The number of amides is 2. The summed E-state index contributed by atoms with van der Waals surface area (Å²) in [5.41, 5.74) is 3.11. The Labute approximate surface area is 201 Å². The number of rotatable bonds is 4. The number of carbonyl (C=O) groups is 1. The molecule has 3 aromatic carbocycles. The molecule has 2 amide bonds. The Kier molecular flexibility index (Phi) is 6.15. The van der Waals surface area contributed by atoms with E-state index in [1.165, 1.54) is 24.3 Å². The summed E-state index contributed by atoms with van der Waals surface area (Å²) in [4.78, 5) is 29.6. The first-order valence-electron chi connectivity index (χ1n) is 11.4. The van der Waals surface area contributed by atoms with Gasteiger partial charge in [-0.25, -0.2) is 14.3 Å². The highest BCUT2D eigenvalue weighted by atomic mass is 19.1. The Morgan fingerprint density at radius 2 is 1.66 bits per heavy atom. The summed E-state index contributed by atoms with van der Waals surface area (Å²) in [6.45, 7) is 3.47. The number of anilines is 3. The third kappa shape index (κ3) is 4.85. The predicted octanol–water partition coefficient (Wildman–Crippen LogP) is 4.13. The standard InChI is InChI=1S/C26H25FN6O2/c1-32-12-14-33(15-13-32)23-11-6-17(24-20-4-2-3-5-21(20)25(34)31-30-24)16-22(23)29-26(35)28-19-9-7-18(27)8-10-19/h2-11,16H,12-15H2,1H3,(H,31,34)(H2,28,29,35). The lowest BCUT2D eigenvalue weighted by Gasteiger charge is -2.35. The monoisotopic (exact) mass is 472 g/mol. The first-order chi connectivity index (χ1) is 17.0. The van der Waals surface area contributed by atoms with Gasteiger partial charge in [-0.1, -0.05) is 24.3 Å². The van der Waals surface area contributed by atoms with Crippen LogP contribution in [0.3, 0.4) is 0 Å². The van der Waals surface area contributed by atoms with E-state index in [4.69, 9.17) is 0 Å². The van der Waals surface area contributed by atoms with Gasteiger partial charge in [0.2, 0.25) is 0 Å². The molecule has 9 heteroatoms. The first-order valence-corrected chi connectivity index (χ1v) is 11.4. The number of aromatic nitrogens is 2. The van der Waals surface area contributed by atoms with Crippen molar-refractivity contribution in [1.82, 2.24) is 15.1 Å². The summed E-state index contributed by atoms with van der Waals surface area (Å²) in [5.74, 6) is -0.373. The summed E-state index contributed by atoms with van der Waals surface area (Å²) >= 11 is 0. The molecule has 2 heterocycles. The molecule has 4 aromatic rings. The molecule has 0 bridgehead atoms. The van der Waals surface area contributed by atoms with Gasteiger partial charge in [-0.2, -0.15) is 5.10 Å². The fourth-order valence-electron chi connectivity index (χ4n) is 4.26. The minimum absolute atomic E-state index is 0.254. The Morgan fingerprint density at radius 1 is 0.943 bits per heavy atom. The second-order valence-corrected chi connectivity index (χ2v) is 8.56. The molecule has 35 heavy (non-hydrogen) atoms. The van der Waals surface area contributed by atoms with E-state index < -0.39 is 6.03 Å². The van der Waals surface area contributed by atoms with Crippen LogP contribution < -0.4 is 21.1 Å². The minimum Gasteiger partial charge on any atom is -0.367 e. The van der Waals surface area contributed by atoms with Gasteiger partial charge in [0.05, 0.1) is 22.5 Å². The number of aromatic amines is 1. The molecule has 0 spiro atoms. The number of piperazine rings is 1. The summed E-state index contributed by atoms with van der Waals surface area (Å²) < 4.78 is 13.2. The van der Waals surface area contributed by atoms with Crippen molar-refractivity contribution in [2.75, 3.05) is 48.8 Å². The predicted molar refractivity (Wildman–Crippen MR) is 137 cm³/mol. The van der Waals surface area contributed by atoms with Crippen LogP contribution in [0.4, 0.5) is 26.2 Å². The van der Waals surface area contributed by atoms with E-state index in [0.29, 0.717) is 22.5 Å². The van der Waals surface area contributed by atoms with Crippen LogP contribution in [0.15, 0.2) is 71.5 Å². The normalized spacial score (nSPS) is 14.2. The fourth-order valence-corrected chi connectivity index (χ4v) is 4.26. The maximum Gasteiger partial charge on any atom is 0.323 e. The third-order valence-electron chi connectivity index (χ3n) is 6.16. The number of carbonyl (C=O) groups excluding carboxylic acids is 1. The van der Waals surface area contributed by atoms with Gasteiger partial charge in [-0.3, -0.25) is 4.79 Å². The lowest BCUT2D eigenvalue weighted by molar-refractivity contribution is 0.262. The van der Waals surface area contributed by atoms with Crippen LogP contribution in [0.25, 0.3) is 22.0 Å². The SMILES string of the molecule is CN1CCN(c2ccc(-c3n[nH]c(=O)c4ccccc34)cc2NC(=O)Nc2ccc(F)cc2)CC1. The molecule has 1 aliphatic rings. The third-order valence-corrected chi connectivity index (χ3v) is 6.16. The van der Waals surface area contributed by atoms with Crippen molar-refractivity contribution in [1.29, 1.82) is 0 Å². The van der Waals surface area contributed by atoms with Crippen LogP contribution >= 0.6 is 0 Å². The van der Waals surface area contributed by atoms with Crippen LogP contribution in [-0.2, 0) is 0 Å². The number of nitrogens with zero attached hydrogens (tertiary/aromatic N) is 3. The lowest BCUT2D eigenvalue weighted by atomic mass is 10.0. The molecule has 0 atom stereocenters. The van der Waals surface area contributed by atoms with Gasteiger partial charge in [-0.15, -0.1) is 0 Å². The van der Waals surface area contributed by atoms with Gasteiger partial charge in [0.15, 0.2) is 0 Å². The van der Waals surface area contributed by atoms with Gasteiger partial charge in [0.1, 0.15) is 5.82 Å². The summed E-state index contributed by atoms with van der Waals surface area (Å²) in [7, 11) is 2.09. The summed E-state index contributed by atoms with van der Waals surface area (Å²) in [6, 6.07) is 18.2. The second kappa shape index (κ2) is 9.55. The zero-order chi connectivity index (χ0) is 24.4. The average Bonchev–Trinajstić information content (AvgIpc) is 2.86. The number of benzene rings is 3. The smallest absolute Gasteiger partial charge is 0.323 e. The molecule has 5 rings (SSSR count). The molecule has 1 fully saturated rings. The Morgan fingerprint density at radius 3 is 2.40 bits per heavy atom. The van der Waals surface area contributed by atoms with Crippen molar-refractivity contribution in [3.8, 4) is 11.3 Å². The fraction of sp³-hybridized carbons (Fsp3) is 0.192. The number of fused-ring (bicyclic) bond motifs is 1. The highest BCUT2D eigenvalue weighted by Crippen LogP contribution is 2.33. The van der Waals surface area contributed by atoms with Gasteiger partial charge in [-0.05, 0) is 49.5 Å². The molecule has 0 saturated carbocycles. The summed E-state index contributed by atoms with van der Waals surface area (Å²) in [6.07, 6.45) is 0. The first kappa shape index (κ1) is 22.5. The molecule has 1 aliphatic heterocycles. The van der Waals surface area contributed by atoms with Gasteiger partial charge in [0.25, 0.3) is 5.56 Å². The maximum absolute atomic E-state index is 13.2. The van der Waals surface area contributed by atoms with E-state index >= 15 is 0 Å². The van der Waals surface area contributed by atoms with Gasteiger partial charge in [0, 0.05) is 42.8 Å². The Bertz CT molecular complexity index is 1430. The highest BCUT2D eigenvalue weighted by Gasteiger charge is 2.20. The number of nitrogens with one attached hydrogen (secondary N) is 3. The number of hydrogen-bond donors (Lipinski definition) is 3. The van der Waals surface area contributed by atoms with E-state index in [2.05, 4.69) is 37.7 Å². The minimum atomic E-state index is -0.441. The van der Waals surface area contributed by atoms with E-state index in [1.807, 2.05) is 36.4 Å². The van der Waals surface area contributed by atoms with Crippen molar-refractivity contribution in [2.45, 2.75) is 0 Å². The van der Waals surface area contributed by atoms with Crippen LogP contribution in [0.1, 0.15) is 0 Å². The van der Waals surface area contributed by atoms with Crippen LogP contribution in [0, 0.1) is 5.82 Å². The van der Waals surface area contributed by atoms with Gasteiger partial charge >= 0.3 is 6.03 Å². The second-order valence-electron chi connectivity index (χ2n) is 8.56. The zero-order valence-electron chi connectivity index (χ0n) is 19.2. The molecular formula is C26H25FN6O2. The zero-order valence-corrected chi connectivity index (χ0v) is 19.2. The molecule has 8 nitrogen and oxygen atoms in total. The van der Waals surface area contributed by atoms with Gasteiger partial charge < -0.3 is 20.4 Å². The number of urea groups is 1. The van der Waals surface area contributed by atoms with Crippen molar-refractivity contribution in [2.24, 2.45) is 0 Å². The van der Waals surface area contributed by atoms with Crippen molar-refractivity contribution in [3.05, 3.63) is 82.9 Å². The molecule has 0 unspecified atom stereocenters. The molecule has 1 saturated heterocycles. The van der Waals surface area contributed by atoms with Crippen LogP contribution in [0.2, 0.25) is 0 Å². The van der Waals surface area contributed by atoms with Crippen molar-refractivity contribution < 1.29 is 9.18 Å². The largest absolute Gasteiger partial charge is 0.367 e. The Hall–Kier alpha value is -4.24. The quantitative estimate of drug-likeness (QED) is 0.415. The molecule has 178 valence electrons. The van der Waals surface area contributed by atoms with E-state index in [9.17, 15) is 14.0 Å². The maximum atomic E-state index is 13.2. The number of halogens is 1. The van der Waals surface area contributed by atoms with E-state index in [1.54, 1.807) is 6.07 Å². The molecule has 0 radical (unpaired) electrons. The Balaban J connectivity index is 1.52. The highest BCUT2D eigenvalue weighted by molar-refractivity contribution is 6.03. The average molecular weight is 473 g/mol. The summed E-state index contributed by atoms with van der Waals surface area (Å²) in [5, 5.41) is 13.8. The number of H-pyrrole nitrogens is 1. The molecular weight excluding hydrogens is 447 g/mol. The van der Waals surface area contributed by atoms with Crippen molar-refractivity contribution in [3.63, 3.8) is 0 Å². The lowest BCUT2D eigenvalue weighted by Crippen LogP contribution is -2.44.